The minimum absolute atomic E-state index is 0.0279. The van der Waals surface area contributed by atoms with E-state index in [0.717, 1.165) is 11.1 Å². The molecule has 0 aliphatic heterocycles. The van der Waals surface area contributed by atoms with Crippen molar-refractivity contribution in [1.82, 2.24) is 9.97 Å². The van der Waals surface area contributed by atoms with Crippen molar-refractivity contribution in [3.63, 3.8) is 0 Å². The van der Waals surface area contributed by atoms with E-state index in [1.807, 2.05) is 44.2 Å². The number of benzene rings is 1. The summed E-state index contributed by atoms with van der Waals surface area (Å²) in [7, 11) is 0. The Kier molecular flexibility index (Phi) is 3.97. The Balaban J connectivity index is 2.53. The molecule has 0 saturated heterocycles. The zero-order valence-corrected chi connectivity index (χ0v) is 12.0. The van der Waals surface area contributed by atoms with Crippen LogP contribution in [-0.2, 0) is 0 Å². The second-order valence-corrected chi connectivity index (χ2v) is 4.84. The molecule has 0 fully saturated rings. The lowest BCUT2D eigenvalue weighted by molar-refractivity contribution is 1.06. The van der Waals surface area contributed by atoms with E-state index in [1.54, 1.807) is 6.08 Å². The van der Waals surface area contributed by atoms with Gasteiger partial charge in [-0.1, -0.05) is 24.3 Å². The van der Waals surface area contributed by atoms with Crippen LogP contribution in [0.15, 0.2) is 23.0 Å². The van der Waals surface area contributed by atoms with Gasteiger partial charge in [-0.05, 0) is 48.8 Å². The topological polar surface area (TPSA) is 72.4 Å². The van der Waals surface area contributed by atoms with Gasteiger partial charge in [0.2, 0.25) is 0 Å². The third-order valence-electron chi connectivity index (χ3n) is 3.16. The van der Waals surface area contributed by atoms with Gasteiger partial charge in [0.25, 0.3) is 5.56 Å². The van der Waals surface area contributed by atoms with E-state index in [0.29, 0.717) is 5.69 Å². The van der Waals surface area contributed by atoms with Gasteiger partial charge in [0.05, 0.1) is 5.69 Å². The molecule has 1 aromatic heterocycles. The van der Waals surface area contributed by atoms with Crippen LogP contribution in [0.3, 0.4) is 0 Å². The summed E-state index contributed by atoms with van der Waals surface area (Å²) in [6.07, 6.45) is 3.56. The van der Waals surface area contributed by atoms with Crippen LogP contribution in [0.4, 0.5) is 0 Å². The Labute approximate surface area is 121 Å². The molecule has 0 radical (unpaired) electrons. The summed E-state index contributed by atoms with van der Waals surface area (Å²) in [5.41, 5.74) is 3.35. The number of hydrogen-bond donors (Lipinski definition) is 2. The van der Waals surface area contributed by atoms with Crippen molar-refractivity contribution in [2.45, 2.75) is 13.8 Å². The molecule has 0 unspecified atom stereocenters. The SMILES string of the molecule is Cc1cccc(/C=C/c2[nH]c(=S)[nH]c(=O)c2C#N)c1C. The number of nitrogens with zero attached hydrogens (tertiary/aromatic N) is 1. The Morgan fingerprint density at radius 3 is 2.70 bits per heavy atom. The summed E-state index contributed by atoms with van der Waals surface area (Å²) in [6.45, 7) is 4.06. The van der Waals surface area contributed by atoms with Crippen LogP contribution in [0.5, 0.6) is 0 Å². The highest BCUT2D eigenvalue weighted by molar-refractivity contribution is 7.71. The lowest BCUT2D eigenvalue weighted by atomic mass is 10.0. The quantitative estimate of drug-likeness (QED) is 0.832. The van der Waals surface area contributed by atoms with Crippen LogP contribution in [0.25, 0.3) is 12.2 Å². The molecule has 20 heavy (non-hydrogen) atoms. The molecule has 4 nitrogen and oxygen atoms in total. The third kappa shape index (κ3) is 2.76. The van der Waals surface area contributed by atoms with E-state index in [4.69, 9.17) is 17.5 Å². The van der Waals surface area contributed by atoms with Gasteiger partial charge in [-0.15, -0.1) is 0 Å². The maximum Gasteiger partial charge on any atom is 0.270 e. The fraction of sp³-hybridized carbons (Fsp3) is 0.133. The van der Waals surface area contributed by atoms with Crippen molar-refractivity contribution in [3.05, 3.63) is 61.3 Å². The summed E-state index contributed by atoms with van der Waals surface area (Å²) in [6, 6.07) is 7.86. The van der Waals surface area contributed by atoms with Crippen LogP contribution in [0, 0.1) is 29.9 Å². The van der Waals surface area contributed by atoms with Gasteiger partial charge < -0.3 is 4.98 Å². The standard InChI is InChI=1S/C15H13N3OS/c1-9-4-3-5-11(10(9)2)6-7-13-12(8-16)14(19)18-15(20)17-13/h3-7H,1-2H3,(H2,17,18,19,20)/b7-6+. The Bertz CT molecular complexity index is 837. The van der Waals surface area contributed by atoms with Crippen molar-refractivity contribution in [1.29, 1.82) is 5.26 Å². The molecule has 0 spiro atoms. The summed E-state index contributed by atoms with van der Waals surface area (Å²) in [5.74, 6) is 0. The number of rotatable bonds is 2. The van der Waals surface area contributed by atoms with Gasteiger partial charge in [-0.25, -0.2) is 0 Å². The van der Waals surface area contributed by atoms with Crippen molar-refractivity contribution < 1.29 is 0 Å². The van der Waals surface area contributed by atoms with Crippen LogP contribution >= 0.6 is 12.2 Å². The number of nitriles is 1. The second kappa shape index (κ2) is 5.68. The lowest BCUT2D eigenvalue weighted by Crippen LogP contribution is -2.13. The van der Waals surface area contributed by atoms with E-state index in [2.05, 4.69) is 9.97 Å². The van der Waals surface area contributed by atoms with Crippen LogP contribution in [0.1, 0.15) is 27.9 Å². The minimum atomic E-state index is -0.475. The first-order valence-corrected chi connectivity index (χ1v) is 6.44. The van der Waals surface area contributed by atoms with E-state index < -0.39 is 5.56 Å². The molecule has 0 aliphatic rings. The van der Waals surface area contributed by atoms with Crippen LogP contribution in [0.2, 0.25) is 0 Å². The van der Waals surface area contributed by atoms with Crippen molar-refractivity contribution in [3.8, 4) is 6.07 Å². The lowest BCUT2D eigenvalue weighted by Gasteiger charge is -2.04. The Morgan fingerprint density at radius 1 is 1.25 bits per heavy atom. The fourth-order valence-electron chi connectivity index (χ4n) is 1.87. The van der Waals surface area contributed by atoms with E-state index in [9.17, 15) is 4.79 Å². The molecule has 2 aromatic rings. The summed E-state index contributed by atoms with van der Waals surface area (Å²) in [4.78, 5) is 16.8. The minimum Gasteiger partial charge on any atom is -0.331 e. The fourth-order valence-corrected chi connectivity index (χ4v) is 2.07. The average molecular weight is 283 g/mol. The molecule has 1 aromatic carbocycles. The van der Waals surface area contributed by atoms with Gasteiger partial charge in [0.1, 0.15) is 11.6 Å². The van der Waals surface area contributed by atoms with Crippen molar-refractivity contribution in [2.24, 2.45) is 0 Å². The molecule has 0 amide bonds. The van der Waals surface area contributed by atoms with Gasteiger partial charge in [0.15, 0.2) is 4.77 Å². The molecule has 0 bridgehead atoms. The molecular formula is C15H13N3OS. The first-order chi connectivity index (χ1) is 9.52. The number of H-pyrrole nitrogens is 2. The molecule has 0 saturated carbocycles. The zero-order valence-electron chi connectivity index (χ0n) is 11.2. The van der Waals surface area contributed by atoms with Gasteiger partial charge in [0, 0.05) is 0 Å². The number of aromatic nitrogens is 2. The molecule has 100 valence electrons. The second-order valence-electron chi connectivity index (χ2n) is 4.43. The molecule has 0 atom stereocenters. The van der Waals surface area contributed by atoms with Gasteiger partial charge >= 0.3 is 0 Å². The summed E-state index contributed by atoms with van der Waals surface area (Å²) in [5, 5.41) is 9.03. The molecule has 2 N–H and O–H groups in total. The van der Waals surface area contributed by atoms with Crippen LogP contribution in [-0.4, -0.2) is 9.97 Å². The monoisotopic (exact) mass is 283 g/mol. The van der Waals surface area contributed by atoms with Crippen LogP contribution < -0.4 is 5.56 Å². The van der Waals surface area contributed by atoms with Gasteiger partial charge in [-0.3, -0.25) is 9.78 Å². The van der Waals surface area contributed by atoms with E-state index in [-0.39, 0.29) is 10.3 Å². The summed E-state index contributed by atoms with van der Waals surface area (Å²) < 4.78 is 0.203. The predicted octanol–water partition coefficient (Wildman–Crippen LogP) is 3.09. The molecule has 5 heteroatoms. The largest absolute Gasteiger partial charge is 0.331 e. The Hall–Kier alpha value is -2.45. The first-order valence-electron chi connectivity index (χ1n) is 6.04. The van der Waals surface area contributed by atoms with E-state index >= 15 is 0 Å². The van der Waals surface area contributed by atoms with Gasteiger partial charge in [-0.2, -0.15) is 5.26 Å². The highest BCUT2D eigenvalue weighted by atomic mass is 32.1. The smallest absolute Gasteiger partial charge is 0.270 e. The number of aryl methyl sites for hydroxylation is 1. The Morgan fingerprint density at radius 2 is 2.00 bits per heavy atom. The van der Waals surface area contributed by atoms with Crippen molar-refractivity contribution in [2.75, 3.05) is 0 Å². The molecular weight excluding hydrogens is 270 g/mol. The number of nitrogens with one attached hydrogen (secondary N) is 2. The van der Waals surface area contributed by atoms with Crippen molar-refractivity contribution >= 4 is 24.4 Å². The summed E-state index contributed by atoms with van der Waals surface area (Å²) >= 11 is 4.92. The molecule has 0 aliphatic carbocycles. The predicted molar refractivity (Wildman–Crippen MR) is 81.8 cm³/mol. The first kappa shape index (κ1) is 14.0. The zero-order chi connectivity index (χ0) is 14.7. The molecule has 2 rings (SSSR count). The van der Waals surface area contributed by atoms with E-state index in [1.165, 1.54) is 5.56 Å². The average Bonchev–Trinajstić information content (AvgIpc) is 2.40. The highest BCUT2D eigenvalue weighted by Crippen LogP contribution is 2.15. The normalized spacial score (nSPS) is 10.7. The third-order valence-corrected chi connectivity index (χ3v) is 3.36. The molecule has 1 heterocycles. The maximum absolute atomic E-state index is 11.6. The number of hydrogen-bond acceptors (Lipinski definition) is 3. The highest BCUT2D eigenvalue weighted by Gasteiger charge is 2.05. The maximum atomic E-state index is 11.6. The number of aromatic amines is 2.